The van der Waals surface area contributed by atoms with Crippen LogP contribution in [0.5, 0.6) is 11.5 Å². The Bertz CT molecular complexity index is 1640. The highest BCUT2D eigenvalue weighted by Crippen LogP contribution is 2.27. The summed E-state index contributed by atoms with van der Waals surface area (Å²) in [6, 6.07) is 11.7. The standard InChI is InChI=1S/C27H28N4O7/c1-5-38-27(34)19-16-18-24(28-22-8-6-7-11-30(22)26(18)33)31(12-13-35-2)25(19)29-23(32)15-17-9-10-20(36-3)21(14-17)37-4/h6-11,14,16H,5,12-13,15H2,1-4H3. The number of hydrogen-bond donors (Lipinski definition) is 0. The van der Waals surface area contributed by atoms with E-state index in [1.165, 1.54) is 31.8 Å². The van der Waals surface area contributed by atoms with Gasteiger partial charge in [-0.25, -0.2) is 9.78 Å². The molecule has 11 nitrogen and oxygen atoms in total. The third-order valence-electron chi connectivity index (χ3n) is 5.84. The smallest absolute Gasteiger partial charge is 0.341 e. The number of benzene rings is 1. The number of carbonyl (C=O) groups excluding carboxylic acids is 2. The van der Waals surface area contributed by atoms with Gasteiger partial charge in [-0.15, -0.1) is 0 Å². The van der Waals surface area contributed by atoms with Gasteiger partial charge in [-0.1, -0.05) is 12.1 Å². The van der Waals surface area contributed by atoms with E-state index in [-0.39, 0.29) is 53.8 Å². The second-order valence-corrected chi connectivity index (χ2v) is 8.20. The van der Waals surface area contributed by atoms with Gasteiger partial charge in [0.2, 0.25) is 0 Å². The summed E-state index contributed by atoms with van der Waals surface area (Å²) >= 11 is 0. The Morgan fingerprint density at radius 3 is 2.53 bits per heavy atom. The average molecular weight is 521 g/mol. The van der Waals surface area contributed by atoms with Crippen molar-refractivity contribution in [2.45, 2.75) is 19.9 Å². The predicted octanol–water partition coefficient (Wildman–Crippen LogP) is 2.16. The van der Waals surface area contributed by atoms with Crippen molar-refractivity contribution in [3.8, 4) is 11.5 Å². The van der Waals surface area contributed by atoms with Gasteiger partial charge < -0.3 is 23.5 Å². The number of carbonyl (C=O) groups is 2. The van der Waals surface area contributed by atoms with Crippen LogP contribution in [0.2, 0.25) is 0 Å². The lowest BCUT2D eigenvalue weighted by molar-refractivity contribution is -0.117. The summed E-state index contributed by atoms with van der Waals surface area (Å²) in [5.74, 6) is -0.231. The molecule has 0 fully saturated rings. The van der Waals surface area contributed by atoms with Gasteiger partial charge in [-0.2, -0.15) is 4.99 Å². The Balaban J connectivity index is 1.95. The molecule has 3 aromatic heterocycles. The molecule has 4 aromatic rings. The molecule has 0 saturated carbocycles. The van der Waals surface area contributed by atoms with Crippen LogP contribution in [0.1, 0.15) is 22.8 Å². The zero-order valence-electron chi connectivity index (χ0n) is 21.6. The van der Waals surface area contributed by atoms with Crippen LogP contribution in [-0.4, -0.2) is 60.4 Å². The molecule has 0 atom stereocenters. The van der Waals surface area contributed by atoms with E-state index >= 15 is 0 Å². The quantitative estimate of drug-likeness (QED) is 0.243. The molecule has 0 aliphatic rings. The molecule has 198 valence electrons. The lowest BCUT2D eigenvalue weighted by Crippen LogP contribution is -2.33. The summed E-state index contributed by atoms with van der Waals surface area (Å²) in [6.45, 7) is 2.16. The van der Waals surface area contributed by atoms with Crippen LogP contribution >= 0.6 is 0 Å². The molecule has 1 aromatic carbocycles. The van der Waals surface area contributed by atoms with E-state index in [9.17, 15) is 14.4 Å². The Hall–Kier alpha value is -4.51. The highest BCUT2D eigenvalue weighted by molar-refractivity contribution is 5.93. The fourth-order valence-electron chi connectivity index (χ4n) is 4.07. The monoisotopic (exact) mass is 520 g/mol. The number of ether oxygens (including phenoxy) is 4. The predicted molar refractivity (Wildman–Crippen MR) is 139 cm³/mol. The fraction of sp³-hybridized carbons (Fsp3) is 0.296. The first kappa shape index (κ1) is 26.6. The van der Waals surface area contributed by atoms with Gasteiger partial charge in [0.1, 0.15) is 16.9 Å². The van der Waals surface area contributed by atoms with Crippen molar-refractivity contribution in [1.82, 2.24) is 14.0 Å². The number of methoxy groups -OCH3 is 3. The molecule has 0 unspecified atom stereocenters. The highest BCUT2D eigenvalue weighted by atomic mass is 16.5. The molecule has 0 N–H and O–H groups in total. The van der Waals surface area contributed by atoms with Gasteiger partial charge in [-0.3, -0.25) is 14.0 Å². The van der Waals surface area contributed by atoms with Crippen molar-refractivity contribution in [3.63, 3.8) is 0 Å². The van der Waals surface area contributed by atoms with Crippen molar-refractivity contribution in [1.29, 1.82) is 0 Å². The summed E-state index contributed by atoms with van der Waals surface area (Å²) in [4.78, 5) is 48.5. The molecule has 1 amide bonds. The van der Waals surface area contributed by atoms with Crippen molar-refractivity contribution < 1.29 is 28.5 Å². The van der Waals surface area contributed by atoms with E-state index < -0.39 is 11.9 Å². The number of pyridine rings is 2. The van der Waals surface area contributed by atoms with E-state index in [4.69, 9.17) is 18.9 Å². The average Bonchev–Trinajstić information content (AvgIpc) is 2.92. The van der Waals surface area contributed by atoms with Crippen LogP contribution in [0, 0.1) is 0 Å². The topological polar surface area (TPSA) is 123 Å². The highest BCUT2D eigenvalue weighted by Gasteiger charge is 2.20. The number of fused-ring (bicyclic) bond motifs is 2. The molecule has 11 heteroatoms. The SMILES string of the molecule is CCOC(=O)c1cc2c(=O)n3ccccc3nc2n(CCOC)c1=NC(=O)Cc1ccc(OC)c(OC)c1. The Morgan fingerprint density at radius 1 is 1.03 bits per heavy atom. The van der Waals surface area contributed by atoms with Gasteiger partial charge in [0.05, 0.1) is 39.2 Å². The maximum atomic E-state index is 13.3. The van der Waals surface area contributed by atoms with Crippen molar-refractivity contribution >= 4 is 28.6 Å². The van der Waals surface area contributed by atoms with Crippen LogP contribution in [0.25, 0.3) is 16.7 Å². The van der Waals surface area contributed by atoms with Crippen LogP contribution in [0.4, 0.5) is 0 Å². The summed E-state index contributed by atoms with van der Waals surface area (Å²) in [5.41, 5.74) is 0.953. The molecular formula is C27H28N4O7. The fourth-order valence-corrected chi connectivity index (χ4v) is 4.07. The largest absolute Gasteiger partial charge is 0.493 e. The lowest BCUT2D eigenvalue weighted by atomic mass is 10.1. The van der Waals surface area contributed by atoms with E-state index in [0.717, 1.165) is 0 Å². The third kappa shape index (κ3) is 5.28. The lowest BCUT2D eigenvalue weighted by Gasteiger charge is -2.15. The zero-order chi connectivity index (χ0) is 27.2. The summed E-state index contributed by atoms with van der Waals surface area (Å²) in [5, 5.41) is 0.180. The first-order valence-corrected chi connectivity index (χ1v) is 11.9. The van der Waals surface area contributed by atoms with Gasteiger partial charge in [0, 0.05) is 19.9 Å². The van der Waals surface area contributed by atoms with E-state index in [2.05, 4.69) is 9.98 Å². The molecule has 0 saturated heterocycles. The van der Waals surface area contributed by atoms with E-state index in [1.807, 2.05) is 0 Å². The normalized spacial score (nSPS) is 11.6. The second-order valence-electron chi connectivity index (χ2n) is 8.20. The number of aromatic nitrogens is 3. The second kappa shape index (κ2) is 11.7. The molecule has 4 rings (SSSR count). The van der Waals surface area contributed by atoms with Crippen LogP contribution < -0.4 is 20.5 Å². The van der Waals surface area contributed by atoms with Crippen LogP contribution in [0.3, 0.4) is 0 Å². The van der Waals surface area contributed by atoms with Gasteiger partial charge in [0.15, 0.2) is 17.0 Å². The maximum absolute atomic E-state index is 13.3. The van der Waals surface area contributed by atoms with E-state index in [1.54, 1.807) is 54.1 Å². The number of rotatable bonds is 9. The van der Waals surface area contributed by atoms with Crippen molar-refractivity contribution in [2.75, 3.05) is 34.5 Å². The van der Waals surface area contributed by atoms with Gasteiger partial charge in [0.25, 0.3) is 11.5 Å². The summed E-state index contributed by atoms with van der Waals surface area (Å²) in [7, 11) is 4.55. The first-order valence-electron chi connectivity index (χ1n) is 11.9. The summed E-state index contributed by atoms with van der Waals surface area (Å²) in [6.07, 6.45) is 1.53. The summed E-state index contributed by atoms with van der Waals surface area (Å²) < 4.78 is 24.0. The minimum Gasteiger partial charge on any atom is -0.493 e. The molecule has 0 spiro atoms. The zero-order valence-corrected chi connectivity index (χ0v) is 21.6. The first-order chi connectivity index (χ1) is 18.4. The molecule has 0 aliphatic carbocycles. The maximum Gasteiger partial charge on any atom is 0.341 e. The van der Waals surface area contributed by atoms with Gasteiger partial charge >= 0.3 is 5.97 Å². The Kier molecular flexibility index (Phi) is 8.17. The third-order valence-corrected chi connectivity index (χ3v) is 5.84. The number of nitrogens with zero attached hydrogens (tertiary/aromatic N) is 4. The number of hydrogen-bond acceptors (Lipinski definition) is 8. The van der Waals surface area contributed by atoms with Crippen molar-refractivity contribution in [2.24, 2.45) is 4.99 Å². The number of amides is 1. The molecule has 0 radical (unpaired) electrons. The molecule has 0 aliphatic heterocycles. The van der Waals surface area contributed by atoms with Crippen LogP contribution in [-0.2, 0) is 27.2 Å². The molecule has 0 bridgehead atoms. The van der Waals surface area contributed by atoms with Crippen LogP contribution in [0.15, 0.2) is 58.4 Å². The molecule has 38 heavy (non-hydrogen) atoms. The molecular weight excluding hydrogens is 492 g/mol. The van der Waals surface area contributed by atoms with E-state index in [0.29, 0.717) is 22.7 Å². The van der Waals surface area contributed by atoms with Crippen molar-refractivity contribution in [3.05, 3.63) is 75.6 Å². The minimum absolute atomic E-state index is 0.0223. The minimum atomic E-state index is -0.712. The Morgan fingerprint density at radius 2 is 1.82 bits per heavy atom. The number of esters is 1. The molecule has 3 heterocycles. The Labute approximate surface area is 217 Å². The van der Waals surface area contributed by atoms with Gasteiger partial charge in [-0.05, 0) is 42.8 Å².